The first kappa shape index (κ1) is 18.2. The number of halogens is 1. The molecule has 2 aromatic carbocycles. The number of benzene rings is 2. The maximum Gasteiger partial charge on any atom is 0.244 e. The lowest BCUT2D eigenvalue weighted by Crippen LogP contribution is -2.45. The zero-order chi connectivity index (χ0) is 19.6. The van der Waals surface area contributed by atoms with E-state index in [0.717, 1.165) is 16.5 Å². The molecule has 142 valence electrons. The zero-order valence-electron chi connectivity index (χ0n) is 15.5. The molecule has 7 heteroatoms. The van der Waals surface area contributed by atoms with E-state index in [4.69, 9.17) is 5.73 Å². The van der Waals surface area contributed by atoms with Gasteiger partial charge in [0.25, 0.3) is 0 Å². The van der Waals surface area contributed by atoms with Crippen LogP contribution in [-0.4, -0.2) is 29.8 Å². The normalized spacial score (nSPS) is 19.5. The number of hydrogen-bond donors (Lipinski definition) is 2. The fourth-order valence-corrected chi connectivity index (χ4v) is 6.20. The van der Waals surface area contributed by atoms with E-state index >= 15 is 0 Å². The highest BCUT2D eigenvalue weighted by Crippen LogP contribution is 2.45. The average Bonchev–Trinajstić information content (AvgIpc) is 3.09. The van der Waals surface area contributed by atoms with Crippen LogP contribution in [0.15, 0.2) is 47.5 Å². The molecule has 1 aliphatic rings. The molecule has 4 rings (SSSR count). The van der Waals surface area contributed by atoms with Gasteiger partial charge in [-0.1, -0.05) is 6.07 Å². The first-order valence-corrected chi connectivity index (χ1v) is 10.2. The van der Waals surface area contributed by atoms with Crippen LogP contribution in [0.25, 0.3) is 22.0 Å². The molecule has 3 aromatic rings. The minimum Gasteiger partial charge on any atom is -0.360 e. The Morgan fingerprint density at radius 2 is 1.93 bits per heavy atom. The second-order valence-electron chi connectivity index (χ2n) is 7.87. The first-order chi connectivity index (χ1) is 12.6. The molecule has 27 heavy (non-hydrogen) atoms. The van der Waals surface area contributed by atoms with Crippen molar-refractivity contribution in [2.24, 2.45) is 5.73 Å². The highest BCUT2D eigenvalue weighted by Gasteiger charge is 2.47. The van der Waals surface area contributed by atoms with Crippen LogP contribution in [-0.2, 0) is 10.0 Å². The minimum absolute atomic E-state index is 0.200. The quantitative estimate of drug-likeness (QED) is 0.702. The van der Waals surface area contributed by atoms with Gasteiger partial charge in [-0.15, -0.1) is 0 Å². The Balaban J connectivity index is 1.90. The molecule has 1 atom stereocenters. The van der Waals surface area contributed by atoms with E-state index in [-0.39, 0.29) is 12.4 Å². The number of H-pyrrole nitrogens is 1. The van der Waals surface area contributed by atoms with Crippen molar-refractivity contribution in [3.63, 3.8) is 0 Å². The fraction of sp³-hybridized carbons (Fsp3) is 0.300. The lowest BCUT2D eigenvalue weighted by Gasteiger charge is -2.34. The summed E-state index contributed by atoms with van der Waals surface area (Å²) < 4.78 is 41.1. The molecular weight excluding hydrogens is 365 g/mol. The van der Waals surface area contributed by atoms with Crippen LogP contribution in [0.1, 0.15) is 32.4 Å². The molecule has 0 amide bonds. The Hall–Kier alpha value is -2.22. The third-order valence-electron chi connectivity index (χ3n) is 5.03. The molecule has 0 fully saturated rings. The van der Waals surface area contributed by atoms with E-state index in [9.17, 15) is 12.8 Å². The number of fused-ring (bicyclic) bond motifs is 2. The highest BCUT2D eigenvalue weighted by atomic mass is 32.2. The largest absolute Gasteiger partial charge is 0.360 e. The number of nitrogens with one attached hydrogen (secondary N) is 1. The zero-order valence-corrected chi connectivity index (χ0v) is 16.3. The number of rotatable bonds is 2. The molecule has 0 radical (unpaired) electrons. The predicted octanol–water partition coefficient (Wildman–Crippen LogP) is 3.78. The van der Waals surface area contributed by atoms with Crippen LogP contribution in [0.2, 0.25) is 0 Å². The summed E-state index contributed by atoms with van der Waals surface area (Å²) in [6.45, 7) is 5.81. The van der Waals surface area contributed by atoms with E-state index in [1.54, 1.807) is 18.2 Å². The van der Waals surface area contributed by atoms with Gasteiger partial charge in [-0.05, 0) is 62.2 Å². The number of aromatic nitrogens is 1. The van der Waals surface area contributed by atoms with E-state index in [2.05, 4.69) is 4.98 Å². The second kappa shape index (κ2) is 5.89. The van der Waals surface area contributed by atoms with Crippen LogP contribution in [0.3, 0.4) is 0 Å². The molecule has 3 N–H and O–H groups in total. The van der Waals surface area contributed by atoms with Crippen molar-refractivity contribution in [2.75, 3.05) is 6.54 Å². The molecule has 0 saturated heterocycles. The van der Waals surface area contributed by atoms with E-state index < -0.39 is 21.6 Å². The van der Waals surface area contributed by atoms with Gasteiger partial charge in [-0.25, -0.2) is 12.8 Å². The molecule has 0 bridgehead atoms. The van der Waals surface area contributed by atoms with Crippen molar-refractivity contribution in [3.8, 4) is 11.1 Å². The van der Waals surface area contributed by atoms with Crippen molar-refractivity contribution in [3.05, 3.63) is 54.0 Å². The Labute approximate surface area is 158 Å². The van der Waals surface area contributed by atoms with Gasteiger partial charge in [0.05, 0.1) is 10.9 Å². The molecule has 1 unspecified atom stereocenters. The monoisotopic (exact) mass is 387 g/mol. The smallest absolute Gasteiger partial charge is 0.244 e. The van der Waals surface area contributed by atoms with E-state index in [0.29, 0.717) is 16.0 Å². The highest BCUT2D eigenvalue weighted by molar-refractivity contribution is 7.89. The third kappa shape index (κ3) is 2.69. The second-order valence-corrected chi connectivity index (χ2v) is 9.65. The van der Waals surface area contributed by atoms with Crippen molar-refractivity contribution in [1.29, 1.82) is 0 Å². The average molecular weight is 387 g/mol. The van der Waals surface area contributed by atoms with Crippen LogP contribution < -0.4 is 5.73 Å². The predicted molar refractivity (Wildman–Crippen MR) is 104 cm³/mol. The molecular formula is C20H22FN3O2S. The summed E-state index contributed by atoms with van der Waals surface area (Å²) in [6, 6.07) is 9.51. The van der Waals surface area contributed by atoms with Crippen LogP contribution >= 0.6 is 0 Å². The van der Waals surface area contributed by atoms with Gasteiger partial charge in [0, 0.05) is 34.7 Å². The van der Waals surface area contributed by atoms with Crippen molar-refractivity contribution >= 4 is 20.9 Å². The Kier molecular flexibility index (Phi) is 3.96. The van der Waals surface area contributed by atoms with Crippen molar-refractivity contribution < 1.29 is 12.8 Å². The van der Waals surface area contributed by atoms with Gasteiger partial charge in [0.15, 0.2) is 0 Å². The number of nitrogens with two attached hydrogens (primary N) is 1. The lowest BCUT2D eigenvalue weighted by atomic mass is 9.97. The summed E-state index contributed by atoms with van der Waals surface area (Å²) in [4.78, 5) is 3.38. The molecule has 0 spiro atoms. The summed E-state index contributed by atoms with van der Waals surface area (Å²) in [7, 11) is -3.60. The number of aromatic amines is 1. The first-order valence-electron chi connectivity index (χ1n) is 8.80. The number of sulfonamides is 1. The maximum atomic E-state index is 13.5. The van der Waals surface area contributed by atoms with Crippen molar-refractivity contribution in [2.45, 2.75) is 37.2 Å². The standard InChI is InChI=1S/C20H22FN3O2S/c1-20(2,3)24-18(10-22)15-8-12(4-7-19(15)27(24,25)26)16-11-23-17-9-13(21)5-6-14(16)17/h4-9,11,18,23H,10,22H2,1-3H3. The van der Waals surface area contributed by atoms with E-state index in [1.807, 2.05) is 33.0 Å². The lowest BCUT2D eigenvalue weighted by molar-refractivity contribution is 0.204. The summed E-state index contributed by atoms with van der Waals surface area (Å²) in [6.07, 6.45) is 1.81. The number of nitrogens with zero attached hydrogens (tertiary/aromatic N) is 1. The van der Waals surface area contributed by atoms with E-state index in [1.165, 1.54) is 16.4 Å². The summed E-state index contributed by atoms with van der Waals surface area (Å²) in [5.74, 6) is -0.306. The van der Waals surface area contributed by atoms with Crippen molar-refractivity contribution in [1.82, 2.24) is 9.29 Å². The Morgan fingerprint density at radius 3 is 2.59 bits per heavy atom. The molecule has 5 nitrogen and oxygen atoms in total. The van der Waals surface area contributed by atoms with Gasteiger partial charge in [-0.3, -0.25) is 0 Å². The van der Waals surface area contributed by atoms with Crippen LogP contribution in [0, 0.1) is 5.82 Å². The molecule has 0 saturated carbocycles. The SMILES string of the molecule is CC(C)(C)N1C(CN)c2cc(-c3c[nH]c4cc(F)ccc34)ccc2S1(=O)=O. The van der Waals surface area contributed by atoms with Gasteiger partial charge in [-0.2, -0.15) is 4.31 Å². The van der Waals surface area contributed by atoms with Crippen LogP contribution in [0.5, 0.6) is 0 Å². The maximum absolute atomic E-state index is 13.5. The topological polar surface area (TPSA) is 79.2 Å². The molecule has 2 heterocycles. The Morgan fingerprint density at radius 1 is 1.19 bits per heavy atom. The van der Waals surface area contributed by atoms with Gasteiger partial charge < -0.3 is 10.7 Å². The minimum atomic E-state index is -3.60. The van der Waals surface area contributed by atoms with Gasteiger partial charge in [0.2, 0.25) is 10.0 Å². The summed E-state index contributed by atoms with van der Waals surface area (Å²) in [5, 5.41) is 0.884. The molecule has 1 aliphatic heterocycles. The Bertz CT molecular complexity index is 1150. The van der Waals surface area contributed by atoms with Gasteiger partial charge >= 0.3 is 0 Å². The van der Waals surface area contributed by atoms with Crippen LogP contribution in [0.4, 0.5) is 4.39 Å². The summed E-state index contributed by atoms with van der Waals surface area (Å²) in [5.41, 5.74) is 8.57. The molecule has 0 aliphatic carbocycles. The number of hydrogen-bond acceptors (Lipinski definition) is 3. The third-order valence-corrected chi connectivity index (χ3v) is 7.28. The molecule has 1 aromatic heterocycles. The van der Waals surface area contributed by atoms with Gasteiger partial charge in [0.1, 0.15) is 5.82 Å². The summed E-state index contributed by atoms with van der Waals surface area (Å²) >= 11 is 0. The fourth-order valence-electron chi connectivity index (χ4n) is 4.00.